The third-order valence-electron chi connectivity index (χ3n) is 4.37. The number of nitrogens with one attached hydrogen (secondary N) is 1. The maximum absolute atomic E-state index is 12.2. The second-order valence-corrected chi connectivity index (χ2v) is 6.41. The second kappa shape index (κ2) is 9.08. The number of rotatable bonds is 6. The number of benzene rings is 1. The highest BCUT2D eigenvalue weighted by Crippen LogP contribution is 2.22. The number of likely N-dealkylation sites (tertiary alicyclic amines) is 1. The lowest BCUT2D eigenvalue weighted by Crippen LogP contribution is -2.39. The Labute approximate surface area is 153 Å². The summed E-state index contributed by atoms with van der Waals surface area (Å²) in [6, 6.07) is 8.07. The first-order valence-corrected chi connectivity index (χ1v) is 9.12. The lowest BCUT2D eigenvalue weighted by molar-refractivity contribution is 0.208. The number of piperidine rings is 1. The largest absolute Gasteiger partial charge is 0.494 e. The summed E-state index contributed by atoms with van der Waals surface area (Å²) in [6.07, 6.45) is 9.06. The van der Waals surface area contributed by atoms with Crippen LogP contribution in [0.2, 0.25) is 0 Å². The van der Waals surface area contributed by atoms with Gasteiger partial charge in [-0.2, -0.15) is 0 Å². The van der Waals surface area contributed by atoms with E-state index < -0.39 is 0 Å². The molecule has 1 fully saturated rings. The molecule has 6 heteroatoms. The van der Waals surface area contributed by atoms with Crippen molar-refractivity contribution in [2.75, 3.05) is 25.0 Å². The summed E-state index contributed by atoms with van der Waals surface area (Å²) in [5, 5.41) is 6.36. The molecular formula is C20H25N3O3. The van der Waals surface area contributed by atoms with E-state index in [1.54, 1.807) is 0 Å². The van der Waals surface area contributed by atoms with Crippen LogP contribution in [0.3, 0.4) is 0 Å². The smallest absolute Gasteiger partial charge is 0.321 e. The van der Waals surface area contributed by atoms with Gasteiger partial charge < -0.3 is 19.5 Å². The van der Waals surface area contributed by atoms with Crippen molar-refractivity contribution in [3.8, 4) is 5.75 Å². The quantitative estimate of drug-likeness (QED) is 0.771. The first-order valence-electron chi connectivity index (χ1n) is 9.12. The van der Waals surface area contributed by atoms with Gasteiger partial charge in [-0.15, -0.1) is 0 Å². The molecule has 1 N–H and O–H groups in total. The molecule has 2 heterocycles. The van der Waals surface area contributed by atoms with E-state index in [-0.39, 0.29) is 6.03 Å². The number of hydrogen-bond acceptors (Lipinski definition) is 4. The van der Waals surface area contributed by atoms with Crippen LogP contribution in [-0.2, 0) is 0 Å². The van der Waals surface area contributed by atoms with Gasteiger partial charge in [0, 0.05) is 13.1 Å². The van der Waals surface area contributed by atoms with Crippen molar-refractivity contribution in [2.45, 2.75) is 32.6 Å². The van der Waals surface area contributed by atoms with Gasteiger partial charge in [0.2, 0.25) is 0 Å². The molecule has 26 heavy (non-hydrogen) atoms. The Hall–Kier alpha value is -2.76. The Morgan fingerprint density at radius 1 is 1.38 bits per heavy atom. The maximum atomic E-state index is 12.2. The summed E-state index contributed by atoms with van der Waals surface area (Å²) in [5.41, 5.74) is 3.08. The molecule has 0 bridgehead atoms. The summed E-state index contributed by atoms with van der Waals surface area (Å²) in [7, 11) is 0. The zero-order chi connectivity index (χ0) is 18.2. The van der Waals surface area contributed by atoms with Crippen LogP contribution in [0.15, 0.2) is 46.8 Å². The van der Waals surface area contributed by atoms with E-state index in [0.29, 0.717) is 18.8 Å². The molecule has 0 spiro atoms. The minimum Gasteiger partial charge on any atom is -0.494 e. The van der Waals surface area contributed by atoms with Crippen LogP contribution in [0.25, 0.3) is 6.08 Å². The van der Waals surface area contributed by atoms with E-state index in [0.717, 1.165) is 43.6 Å². The number of ether oxygens (including phenoxy) is 1. The predicted molar refractivity (Wildman–Crippen MR) is 101 cm³/mol. The first-order chi connectivity index (χ1) is 12.7. The van der Waals surface area contributed by atoms with Crippen LogP contribution >= 0.6 is 0 Å². The molecule has 138 valence electrons. The molecule has 1 aliphatic heterocycles. The Bertz CT molecular complexity index is 731. The summed E-state index contributed by atoms with van der Waals surface area (Å²) in [4.78, 5) is 14.0. The van der Waals surface area contributed by atoms with Crippen molar-refractivity contribution >= 4 is 17.8 Å². The zero-order valence-electron chi connectivity index (χ0n) is 15.1. The van der Waals surface area contributed by atoms with Crippen LogP contribution < -0.4 is 10.1 Å². The molecule has 1 saturated heterocycles. The molecule has 3 rings (SSSR count). The van der Waals surface area contributed by atoms with Crippen molar-refractivity contribution in [3.63, 3.8) is 0 Å². The van der Waals surface area contributed by atoms with Gasteiger partial charge in [-0.05, 0) is 37.0 Å². The van der Waals surface area contributed by atoms with E-state index in [9.17, 15) is 4.79 Å². The summed E-state index contributed by atoms with van der Waals surface area (Å²) < 4.78 is 10.5. The number of hydrogen-bond donors (Lipinski definition) is 1. The van der Waals surface area contributed by atoms with Crippen LogP contribution in [0.5, 0.6) is 5.75 Å². The van der Waals surface area contributed by atoms with Gasteiger partial charge >= 0.3 is 6.03 Å². The van der Waals surface area contributed by atoms with Gasteiger partial charge in [0.15, 0.2) is 0 Å². The summed E-state index contributed by atoms with van der Waals surface area (Å²) in [6.45, 7) is 4.32. The van der Waals surface area contributed by atoms with Gasteiger partial charge in [-0.25, -0.2) is 4.79 Å². The standard InChI is InChI=1S/C20H25N3O3/c1-2-3-11-25-19-6-4-5-17(13-19)12-16-7-9-23(10-8-16)20(24)22-18-14-21-26-15-18/h4-6,12-15H,2-3,7-11H2,1H3,(H,22,24). The molecule has 0 atom stereocenters. The molecule has 0 aliphatic carbocycles. The highest BCUT2D eigenvalue weighted by atomic mass is 16.5. The van der Waals surface area contributed by atoms with E-state index >= 15 is 0 Å². The number of anilines is 1. The Balaban J connectivity index is 1.52. The van der Waals surface area contributed by atoms with Gasteiger partial charge in [0.1, 0.15) is 17.7 Å². The third-order valence-corrected chi connectivity index (χ3v) is 4.37. The second-order valence-electron chi connectivity index (χ2n) is 6.41. The lowest BCUT2D eigenvalue weighted by Gasteiger charge is -2.28. The predicted octanol–water partition coefficient (Wildman–Crippen LogP) is 4.56. The van der Waals surface area contributed by atoms with Crippen LogP contribution in [-0.4, -0.2) is 35.8 Å². The monoisotopic (exact) mass is 355 g/mol. The Morgan fingerprint density at radius 2 is 2.23 bits per heavy atom. The maximum Gasteiger partial charge on any atom is 0.321 e. The highest BCUT2D eigenvalue weighted by molar-refractivity contribution is 5.89. The van der Waals surface area contributed by atoms with Crippen molar-refractivity contribution in [2.24, 2.45) is 0 Å². The molecule has 0 unspecified atom stereocenters. The number of unbranched alkanes of at least 4 members (excludes halogenated alkanes) is 1. The number of carbonyl (C=O) groups excluding carboxylic acids is 1. The fourth-order valence-corrected chi connectivity index (χ4v) is 2.87. The molecule has 1 aromatic heterocycles. The summed E-state index contributed by atoms with van der Waals surface area (Å²) >= 11 is 0. The first kappa shape index (κ1) is 18.0. The fourth-order valence-electron chi connectivity index (χ4n) is 2.87. The van der Waals surface area contributed by atoms with Gasteiger partial charge in [0.25, 0.3) is 0 Å². The van der Waals surface area contributed by atoms with Crippen LogP contribution in [0.4, 0.5) is 10.5 Å². The van der Waals surface area contributed by atoms with E-state index in [1.807, 2.05) is 17.0 Å². The molecule has 1 aromatic carbocycles. The van der Waals surface area contributed by atoms with Crippen LogP contribution in [0.1, 0.15) is 38.2 Å². The molecule has 0 radical (unpaired) electrons. The molecule has 1 aliphatic rings. The topological polar surface area (TPSA) is 67.6 Å². The molecule has 0 saturated carbocycles. The van der Waals surface area contributed by atoms with E-state index in [4.69, 9.17) is 9.26 Å². The normalized spacial score (nSPS) is 14.2. The van der Waals surface area contributed by atoms with Gasteiger partial charge in [-0.3, -0.25) is 0 Å². The highest BCUT2D eigenvalue weighted by Gasteiger charge is 2.19. The minimum absolute atomic E-state index is 0.112. The van der Waals surface area contributed by atoms with Gasteiger partial charge in [-0.1, -0.05) is 42.3 Å². The van der Waals surface area contributed by atoms with Crippen molar-refractivity contribution in [3.05, 3.63) is 47.9 Å². The average molecular weight is 355 g/mol. The SMILES string of the molecule is CCCCOc1cccc(C=C2CCN(C(=O)Nc3cnoc3)CC2)c1. The number of amides is 2. The van der Waals surface area contributed by atoms with Crippen molar-refractivity contribution in [1.29, 1.82) is 0 Å². The zero-order valence-corrected chi connectivity index (χ0v) is 15.1. The Morgan fingerprint density at radius 3 is 2.96 bits per heavy atom. The minimum atomic E-state index is -0.112. The number of aromatic nitrogens is 1. The molecule has 2 aromatic rings. The van der Waals surface area contributed by atoms with E-state index in [2.05, 4.69) is 35.6 Å². The number of nitrogens with zero attached hydrogens (tertiary/aromatic N) is 2. The lowest BCUT2D eigenvalue weighted by atomic mass is 10.0. The fraction of sp³-hybridized carbons (Fsp3) is 0.400. The van der Waals surface area contributed by atoms with Crippen molar-refractivity contribution in [1.82, 2.24) is 10.1 Å². The Kier molecular flexibility index (Phi) is 6.30. The molecule has 6 nitrogen and oxygen atoms in total. The summed E-state index contributed by atoms with van der Waals surface area (Å²) in [5.74, 6) is 0.915. The average Bonchev–Trinajstić information content (AvgIpc) is 3.16. The van der Waals surface area contributed by atoms with Crippen molar-refractivity contribution < 1.29 is 14.1 Å². The van der Waals surface area contributed by atoms with E-state index in [1.165, 1.54) is 18.0 Å². The van der Waals surface area contributed by atoms with Crippen LogP contribution in [0, 0.1) is 0 Å². The third kappa shape index (κ3) is 5.12. The number of urea groups is 1. The van der Waals surface area contributed by atoms with Gasteiger partial charge in [0.05, 0.1) is 12.8 Å². The molecular weight excluding hydrogens is 330 g/mol. The molecule has 2 amide bonds. The number of carbonyl (C=O) groups is 1.